The van der Waals surface area contributed by atoms with E-state index in [2.05, 4.69) is 25.0 Å². The number of fused-ring (bicyclic) bond motifs is 1. The molecule has 4 heterocycles. The molecule has 0 saturated heterocycles. The van der Waals surface area contributed by atoms with E-state index < -0.39 is 22.1 Å². The summed E-state index contributed by atoms with van der Waals surface area (Å²) in [5, 5.41) is 11.6. The third-order valence-electron chi connectivity index (χ3n) is 4.92. The molecule has 0 spiro atoms. The van der Waals surface area contributed by atoms with Crippen molar-refractivity contribution in [3.63, 3.8) is 0 Å². The first-order valence-electron chi connectivity index (χ1n) is 10.2. The molecule has 0 saturated carbocycles. The molecule has 0 aliphatic carbocycles. The molecule has 34 heavy (non-hydrogen) atoms. The Bertz CT molecular complexity index is 1470. The number of aromatic nitrogens is 7. The number of alkyl halides is 3. The Hall–Kier alpha value is -3.59. The molecule has 0 atom stereocenters. The Morgan fingerprint density at radius 2 is 1.91 bits per heavy atom. The zero-order chi connectivity index (χ0) is 23.9. The Balaban J connectivity index is 1.46. The van der Waals surface area contributed by atoms with Crippen molar-refractivity contribution in [3.05, 3.63) is 71.9 Å². The number of aromatic amines is 1. The van der Waals surface area contributed by atoms with Crippen LogP contribution in [0.4, 0.5) is 13.2 Å². The van der Waals surface area contributed by atoms with Crippen molar-refractivity contribution in [1.29, 1.82) is 0 Å². The molecule has 0 bridgehead atoms. The van der Waals surface area contributed by atoms with Crippen molar-refractivity contribution >= 4 is 30.5 Å². The van der Waals surface area contributed by atoms with E-state index in [-0.39, 0.29) is 12.3 Å². The second kappa shape index (κ2) is 8.64. The summed E-state index contributed by atoms with van der Waals surface area (Å²) in [4.78, 5) is 9.45. The number of para-hydroxylation sites is 1. The van der Waals surface area contributed by atoms with Crippen molar-refractivity contribution in [2.45, 2.75) is 26.8 Å². The van der Waals surface area contributed by atoms with Gasteiger partial charge in [-0.05, 0) is 0 Å². The van der Waals surface area contributed by atoms with Gasteiger partial charge in [0.05, 0.1) is 0 Å². The molecule has 8 nitrogen and oxygen atoms in total. The van der Waals surface area contributed by atoms with Gasteiger partial charge in [0, 0.05) is 0 Å². The van der Waals surface area contributed by atoms with Crippen LogP contribution in [0.15, 0.2) is 55.0 Å². The van der Waals surface area contributed by atoms with E-state index in [9.17, 15) is 13.2 Å². The van der Waals surface area contributed by atoms with E-state index in [1.165, 1.54) is 12.1 Å². The number of rotatable bonds is 6. The van der Waals surface area contributed by atoms with Crippen molar-refractivity contribution in [2.24, 2.45) is 0 Å². The van der Waals surface area contributed by atoms with Crippen LogP contribution in [-0.2, 0) is 6.54 Å². The number of aryl methyl sites for hydroxylation is 2. The van der Waals surface area contributed by atoms with Crippen LogP contribution >= 0.6 is 0 Å². The molecule has 1 N–H and O–H groups in total. The first-order chi connectivity index (χ1) is 16.2. The molecule has 0 unspecified atom stereocenters. The average molecular weight is 528 g/mol. The van der Waals surface area contributed by atoms with Crippen LogP contribution in [-0.4, -0.2) is 56.5 Å². The standard InChI is InChI=1S/C22H18AsF3N7O/c1-13-7-19(31-30-13)23-21-29-17(8-20-28-14(2)10-33(20)21)16-9-27-32(12-16)11-15-5-3-4-6-18(15)34-22(24,25)26/h3-10,12H,11H2,1-2H3,(H,30,31). The summed E-state index contributed by atoms with van der Waals surface area (Å²) in [6.07, 6.45) is 0.565. The normalized spacial score (nSPS) is 12.3. The molecular formula is C22H18AsF3N7O. The Morgan fingerprint density at radius 1 is 1.09 bits per heavy atom. The predicted molar refractivity (Wildman–Crippen MR) is 120 cm³/mol. The summed E-state index contributed by atoms with van der Waals surface area (Å²) in [7, 11) is 0. The van der Waals surface area contributed by atoms with Crippen molar-refractivity contribution in [3.8, 4) is 17.0 Å². The molecule has 0 aliphatic heterocycles. The molecular weight excluding hydrogens is 510 g/mol. The van der Waals surface area contributed by atoms with Crippen LogP contribution in [0.2, 0.25) is 0 Å². The average Bonchev–Trinajstić information content (AvgIpc) is 3.48. The van der Waals surface area contributed by atoms with Gasteiger partial charge in [-0.3, -0.25) is 0 Å². The number of benzene rings is 1. The van der Waals surface area contributed by atoms with Crippen LogP contribution < -0.4 is 13.8 Å². The zero-order valence-electron chi connectivity index (χ0n) is 18.1. The van der Waals surface area contributed by atoms with Crippen LogP contribution in [0.5, 0.6) is 5.75 Å². The number of ether oxygens (including phenoxy) is 1. The molecule has 0 amide bonds. The molecule has 12 heteroatoms. The zero-order valence-corrected chi connectivity index (χ0v) is 20.0. The third-order valence-corrected chi connectivity index (χ3v) is 6.96. The van der Waals surface area contributed by atoms with E-state index in [1.807, 2.05) is 36.6 Å². The van der Waals surface area contributed by atoms with E-state index in [4.69, 9.17) is 4.98 Å². The minimum atomic E-state index is -4.76. The molecule has 0 fully saturated rings. The monoisotopic (exact) mass is 528 g/mol. The molecule has 0 aliphatic rings. The van der Waals surface area contributed by atoms with Gasteiger partial charge in [0.25, 0.3) is 0 Å². The SMILES string of the molecule is Cc1cn2c([As]c3cc(C)[nH]n3)nc(-c3cnn(Cc4ccccc4OC(F)(F)F)c3)cc2n1. The number of hydrogen-bond donors (Lipinski definition) is 1. The Morgan fingerprint density at radius 3 is 2.68 bits per heavy atom. The quantitative estimate of drug-likeness (QED) is 0.343. The van der Waals surface area contributed by atoms with Gasteiger partial charge in [-0.2, -0.15) is 0 Å². The van der Waals surface area contributed by atoms with Crippen LogP contribution in [0.3, 0.4) is 0 Å². The van der Waals surface area contributed by atoms with Crippen LogP contribution in [0.25, 0.3) is 16.9 Å². The van der Waals surface area contributed by atoms with Gasteiger partial charge in [0.2, 0.25) is 0 Å². The topological polar surface area (TPSA) is 85.9 Å². The third kappa shape index (κ3) is 4.84. The van der Waals surface area contributed by atoms with Crippen LogP contribution in [0.1, 0.15) is 17.0 Å². The molecule has 5 rings (SSSR count). The minimum absolute atomic E-state index is 0.113. The number of nitrogens with one attached hydrogen (secondary N) is 1. The van der Waals surface area contributed by atoms with Gasteiger partial charge in [0.1, 0.15) is 0 Å². The molecule has 1 radical (unpaired) electrons. The fraction of sp³-hybridized carbons (Fsp3) is 0.182. The van der Waals surface area contributed by atoms with Crippen molar-refractivity contribution in [2.75, 3.05) is 0 Å². The van der Waals surface area contributed by atoms with Crippen molar-refractivity contribution in [1.82, 2.24) is 34.3 Å². The summed E-state index contributed by atoms with van der Waals surface area (Å²) in [5.41, 5.74) is 4.39. The fourth-order valence-corrected chi connectivity index (χ4v) is 5.57. The van der Waals surface area contributed by atoms with E-state index >= 15 is 0 Å². The first-order valence-corrected chi connectivity index (χ1v) is 12.1. The van der Waals surface area contributed by atoms with Crippen molar-refractivity contribution < 1.29 is 17.9 Å². The fourth-order valence-electron chi connectivity index (χ4n) is 3.50. The number of halogens is 3. The summed E-state index contributed by atoms with van der Waals surface area (Å²) < 4.78 is 47.7. The Kier molecular flexibility index (Phi) is 5.65. The van der Waals surface area contributed by atoms with Gasteiger partial charge in [-0.1, -0.05) is 0 Å². The second-order valence-electron chi connectivity index (χ2n) is 7.65. The first kappa shape index (κ1) is 22.2. The number of nitrogens with zero attached hydrogens (tertiary/aromatic N) is 6. The summed E-state index contributed by atoms with van der Waals surface area (Å²) in [6, 6.07) is 9.89. The van der Waals surface area contributed by atoms with E-state index in [0.29, 0.717) is 11.3 Å². The molecule has 173 valence electrons. The number of imidazole rings is 1. The van der Waals surface area contributed by atoms with Crippen LogP contribution in [0, 0.1) is 13.8 Å². The summed E-state index contributed by atoms with van der Waals surface area (Å²) >= 11 is -0.506. The van der Waals surface area contributed by atoms with Gasteiger partial charge >= 0.3 is 198 Å². The van der Waals surface area contributed by atoms with E-state index in [1.54, 1.807) is 29.2 Å². The summed E-state index contributed by atoms with van der Waals surface area (Å²) in [6.45, 7) is 3.98. The number of hydrogen-bond acceptors (Lipinski definition) is 5. The Labute approximate surface area is 198 Å². The molecule has 5 aromatic rings. The van der Waals surface area contributed by atoms with E-state index in [0.717, 1.165) is 31.7 Å². The molecule has 4 aromatic heterocycles. The van der Waals surface area contributed by atoms with Gasteiger partial charge < -0.3 is 0 Å². The second-order valence-corrected chi connectivity index (χ2v) is 9.92. The van der Waals surface area contributed by atoms with Gasteiger partial charge in [-0.15, -0.1) is 0 Å². The van der Waals surface area contributed by atoms with Gasteiger partial charge in [-0.25, -0.2) is 0 Å². The maximum absolute atomic E-state index is 12.7. The predicted octanol–water partition coefficient (Wildman–Crippen LogP) is 2.53. The van der Waals surface area contributed by atoms with Gasteiger partial charge in [0.15, 0.2) is 0 Å². The molecule has 1 aromatic carbocycles. The number of H-pyrrole nitrogens is 1. The maximum atomic E-state index is 12.7. The summed E-state index contributed by atoms with van der Waals surface area (Å²) in [5.74, 6) is -0.250.